The molecular weight excluding hydrogens is 246 g/mol. The van der Waals surface area contributed by atoms with Gasteiger partial charge >= 0.3 is 0 Å². The molecule has 0 N–H and O–H groups in total. The lowest BCUT2D eigenvalue weighted by Crippen LogP contribution is -2.31. The second-order valence-corrected chi connectivity index (χ2v) is 5.19. The highest BCUT2D eigenvalue weighted by Gasteiger charge is 2.17. The van der Waals surface area contributed by atoms with Gasteiger partial charge in [-0.2, -0.15) is 0 Å². The average molecular weight is 267 g/mol. The van der Waals surface area contributed by atoms with Gasteiger partial charge in [-0.15, -0.1) is 0 Å². The SMILES string of the molecule is Cc1ccccc1CC(=O)N(C)C(C)c1ccccc1. The Kier molecular flexibility index (Phi) is 4.57. The third-order valence-electron chi connectivity index (χ3n) is 3.86. The molecule has 0 aliphatic carbocycles. The summed E-state index contributed by atoms with van der Waals surface area (Å²) in [6.45, 7) is 4.11. The van der Waals surface area contributed by atoms with Gasteiger partial charge in [-0.3, -0.25) is 4.79 Å². The lowest BCUT2D eigenvalue weighted by Gasteiger charge is -2.25. The van der Waals surface area contributed by atoms with Crippen molar-refractivity contribution in [2.45, 2.75) is 26.3 Å². The smallest absolute Gasteiger partial charge is 0.227 e. The normalized spacial score (nSPS) is 11.9. The Morgan fingerprint density at radius 3 is 2.30 bits per heavy atom. The molecule has 2 nitrogen and oxygen atoms in total. The molecule has 0 spiro atoms. The fourth-order valence-corrected chi connectivity index (χ4v) is 2.27. The number of hydrogen-bond acceptors (Lipinski definition) is 1. The first-order chi connectivity index (χ1) is 9.59. The zero-order valence-corrected chi connectivity index (χ0v) is 12.3. The lowest BCUT2D eigenvalue weighted by molar-refractivity contribution is -0.131. The van der Waals surface area contributed by atoms with Crippen molar-refractivity contribution in [3.63, 3.8) is 0 Å². The van der Waals surface area contributed by atoms with E-state index in [4.69, 9.17) is 0 Å². The summed E-state index contributed by atoms with van der Waals surface area (Å²) < 4.78 is 0. The van der Waals surface area contributed by atoms with Crippen LogP contribution in [0, 0.1) is 6.92 Å². The zero-order chi connectivity index (χ0) is 14.5. The molecule has 2 heteroatoms. The van der Waals surface area contributed by atoms with Crippen LogP contribution in [0.4, 0.5) is 0 Å². The molecule has 0 heterocycles. The van der Waals surface area contributed by atoms with E-state index in [0.717, 1.165) is 11.1 Å². The van der Waals surface area contributed by atoms with E-state index in [-0.39, 0.29) is 11.9 Å². The van der Waals surface area contributed by atoms with Crippen LogP contribution < -0.4 is 0 Å². The summed E-state index contributed by atoms with van der Waals surface area (Å²) in [5, 5.41) is 0. The van der Waals surface area contributed by atoms with Crippen molar-refractivity contribution in [3.8, 4) is 0 Å². The molecule has 2 rings (SSSR count). The fourth-order valence-electron chi connectivity index (χ4n) is 2.27. The predicted octanol–water partition coefficient (Wildman–Crippen LogP) is 3.76. The van der Waals surface area contributed by atoms with Crippen LogP contribution in [-0.4, -0.2) is 17.9 Å². The van der Waals surface area contributed by atoms with Gasteiger partial charge in [0, 0.05) is 7.05 Å². The summed E-state index contributed by atoms with van der Waals surface area (Å²) in [6.07, 6.45) is 0.459. The number of amides is 1. The van der Waals surface area contributed by atoms with E-state index in [0.29, 0.717) is 6.42 Å². The van der Waals surface area contributed by atoms with E-state index >= 15 is 0 Å². The van der Waals surface area contributed by atoms with E-state index in [1.54, 1.807) is 0 Å². The van der Waals surface area contributed by atoms with Crippen LogP contribution in [0.5, 0.6) is 0 Å². The van der Waals surface area contributed by atoms with Crippen molar-refractivity contribution in [1.29, 1.82) is 0 Å². The molecule has 0 saturated heterocycles. The average Bonchev–Trinajstić information content (AvgIpc) is 2.49. The second-order valence-electron chi connectivity index (χ2n) is 5.19. The zero-order valence-electron chi connectivity index (χ0n) is 12.3. The Hall–Kier alpha value is -2.09. The summed E-state index contributed by atoms with van der Waals surface area (Å²) in [4.78, 5) is 14.2. The van der Waals surface area contributed by atoms with E-state index < -0.39 is 0 Å². The van der Waals surface area contributed by atoms with Crippen LogP contribution in [0.2, 0.25) is 0 Å². The minimum atomic E-state index is 0.0905. The van der Waals surface area contributed by atoms with Crippen molar-refractivity contribution in [3.05, 3.63) is 71.3 Å². The fraction of sp³-hybridized carbons (Fsp3) is 0.278. The van der Waals surface area contributed by atoms with Gasteiger partial charge < -0.3 is 4.90 Å². The number of benzene rings is 2. The number of likely N-dealkylation sites (N-methyl/N-ethyl adjacent to an activating group) is 1. The Balaban J connectivity index is 2.08. The van der Waals surface area contributed by atoms with Crippen molar-refractivity contribution >= 4 is 5.91 Å². The highest BCUT2D eigenvalue weighted by Crippen LogP contribution is 2.19. The maximum atomic E-state index is 12.4. The highest BCUT2D eigenvalue weighted by molar-refractivity contribution is 5.79. The maximum Gasteiger partial charge on any atom is 0.227 e. The number of hydrogen-bond donors (Lipinski definition) is 0. The minimum absolute atomic E-state index is 0.0905. The summed E-state index contributed by atoms with van der Waals surface area (Å²) >= 11 is 0. The van der Waals surface area contributed by atoms with E-state index in [9.17, 15) is 4.79 Å². The molecule has 20 heavy (non-hydrogen) atoms. The minimum Gasteiger partial charge on any atom is -0.339 e. The molecule has 104 valence electrons. The van der Waals surface area contributed by atoms with Gasteiger partial charge in [0.05, 0.1) is 12.5 Å². The van der Waals surface area contributed by atoms with Crippen LogP contribution in [0.15, 0.2) is 54.6 Å². The second kappa shape index (κ2) is 6.38. The third kappa shape index (κ3) is 3.27. The molecular formula is C18H21NO. The third-order valence-corrected chi connectivity index (χ3v) is 3.86. The molecule has 0 aromatic heterocycles. The van der Waals surface area contributed by atoms with E-state index in [1.807, 2.05) is 61.3 Å². The molecule has 0 saturated carbocycles. The van der Waals surface area contributed by atoms with E-state index in [2.05, 4.69) is 19.1 Å². The van der Waals surface area contributed by atoms with Gasteiger partial charge in [0.2, 0.25) is 5.91 Å². The van der Waals surface area contributed by atoms with Gasteiger partial charge in [-0.05, 0) is 30.5 Å². The van der Waals surface area contributed by atoms with Crippen molar-refractivity contribution in [2.24, 2.45) is 0 Å². The molecule has 0 radical (unpaired) electrons. The number of rotatable bonds is 4. The molecule has 1 unspecified atom stereocenters. The van der Waals surface area contributed by atoms with Crippen LogP contribution in [0.25, 0.3) is 0 Å². The quantitative estimate of drug-likeness (QED) is 0.826. The lowest BCUT2D eigenvalue weighted by atomic mass is 10.0. The Morgan fingerprint density at radius 1 is 1.05 bits per heavy atom. The summed E-state index contributed by atoms with van der Waals surface area (Å²) in [7, 11) is 1.87. The number of carbonyl (C=O) groups excluding carboxylic acids is 1. The van der Waals surface area contributed by atoms with Crippen molar-refractivity contribution < 1.29 is 4.79 Å². The molecule has 0 aliphatic rings. The highest BCUT2D eigenvalue weighted by atomic mass is 16.2. The monoisotopic (exact) mass is 267 g/mol. The van der Waals surface area contributed by atoms with Gasteiger partial charge in [0.15, 0.2) is 0 Å². The topological polar surface area (TPSA) is 20.3 Å². The van der Waals surface area contributed by atoms with Gasteiger partial charge in [-0.25, -0.2) is 0 Å². The predicted molar refractivity (Wildman–Crippen MR) is 82.5 cm³/mol. The van der Waals surface area contributed by atoms with Crippen molar-refractivity contribution in [2.75, 3.05) is 7.05 Å². The van der Waals surface area contributed by atoms with E-state index in [1.165, 1.54) is 5.56 Å². The molecule has 0 aliphatic heterocycles. The van der Waals surface area contributed by atoms with Gasteiger partial charge in [-0.1, -0.05) is 54.6 Å². The van der Waals surface area contributed by atoms with Gasteiger partial charge in [0.1, 0.15) is 0 Å². The maximum absolute atomic E-state index is 12.4. The first-order valence-electron chi connectivity index (χ1n) is 6.94. The van der Waals surface area contributed by atoms with Crippen LogP contribution in [0.3, 0.4) is 0 Å². The van der Waals surface area contributed by atoms with Crippen LogP contribution in [0.1, 0.15) is 29.7 Å². The molecule has 2 aromatic carbocycles. The summed E-state index contributed by atoms with van der Waals surface area (Å²) in [5.41, 5.74) is 3.43. The molecule has 0 fully saturated rings. The largest absolute Gasteiger partial charge is 0.339 e. The van der Waals surface area contributed by atoms with Gasteiger partial charge in [0.25, 0.3) is 0 Å². The number of nitrogens with zero attached hydrogens (tertiary/aromatic N) is 1. The molecule has 0 bridgehead atoms. The Morgan fingerprint density at radius 2 is 1.65 bits per heavy atom. The Bertz CT molecular complexity index is 577. The summed E-state index contributed by atoms with van der Waals surface area (Å²) in [5.74, 6) is 0.149. The van der Waals surface area contributed by atoms with Crippen molar-refractivity contribution in [1.82, 2.24) is 4.90 Å². The number of aryl methyl sites for hydroxylation is 1. The number of carbonyl (C=O) groups is 1. The summed E-state index contributed by atoms with van der Waals surface area (Å²) in [6, 6.07) is 18.3. The molecule has 1 amide bonds. The first kappa shape index (κ1) is 14.3. The van der Waals surface area contributed by atoms with Crippen LogP contribution in [-0.2, 0) is 11.2 Å². The standard InChI is InChI=1S/C18H21NO/c1-14-9-7-8-12-17(14)13-18(20)19(3)15(2)16-10-5-4-6-11-16/h4-12,15H,13H2,1-3H3. The molecule has 2 aromatic rings. The molecule has 1 atom stereocenters. The first-order valence-corrected chi connectivity index (χ1v) is 6.94. The van der Waals surface area contributed by atoms with Crippen LogP contribution >= 0.6 is 0 Å². The Labute approximate surface area is 121 Å².